The van der Waals surface area contributed by atoms with Crippen LogP contribution in [0.5, 0.6) is 0 Å². The quantitative estimate of drug-likeness (QED) is 0.942. The first-order valence-corrected chi connectivity index (χ1v) is 9.31. The third-order valence-corrected chi connectivity index (χ3v) is 6.37. The minimum atomic E-state index is 0.536. The molecule has 1 saturated carbocycles. The SMILES string of the molecule is CN1CCC(c2ccnc3nc(CC4CC5(COC5)C4)[nH]c23)CC1. The second kappa shape index (κ2) is 5.53. The van der Waals surface area contributed by atoms with Crippen molar-refractivity contribution in [1.82, 2.24) is 19.9 Å². The van der Waals surface area contributed by atoms with Gasteiger partial charge < -0.3 is 14.6 Å². The van der Waals surface area contributed by atoms with Gasteiger partial charge in [-0.2, -0.15) is 0 Å². The number of aromatic nitrogens is 3. The van der Waals surface area contributed by atoms with Crippen LogP contribution >= 0.6 is 0 Å². The Morgan fingerprint density at radius 3 is 2.79 bits per heavy atom. The average molecular weight is 326 g/mol. The molecule has 128 valence electrons. The normalized spacial score (nSPS) is 25.0. The molecule has 1 spiro atoms. The monoisotopic (exact) mass is 326 g/mol. The van der Waals surface area contributed by atoms with Gasteiger partial charge in [0.25, 0.3) is 0 Å². The summed E-state index contributed by atoms with van der Waals surface area (Å²) in [6.07, 6.45) is 8.07. The van der Waals surface area contributed by atoms with Crippen molar-refractivity contribution in [3.05, 3.63) is 23.7 Å². The largest absolute Gasteiger partial charge is 0.380 e. The summed E-state index contributed by atoms with van der Waals surface area (Å²) in [4.78, 5) is 15.3. The Morgan fingerprint density at radius 2 is 2.08 bits per heavy atom. The van der Waals surface area contributed by atoms with E-state index in [2.05, 4.69) is 28.0 Å². The maximum absolute atomic E-state index is 5.38. The van der Waals surface area contributed by atoms with Gasteiger partial charge in [0.05, 0.1) is 18.7 Å². The smallest absolute Gasteiger partial charge is 0.177 e. The molecule has 1 aliphatic carbocycles. The van der Waals surface area contributed by atoms with Crippen LogP contribution in [0.25, 0.3) is 11.2 Å². The van der Waals surface area contributed by atoms with Crippen LogP contribution in [0.1, 0.15) is 43.0 Å². The summed E-state index contributed by atoms with van der Waals surface area (Å²) in [5, 5.41) is 0. The summed E-state index contributed by atoms with van der Waals surface area (Å²) >= 11 is 0. The number of hydrogen-bond acceptors (Lipinski definition) is 4. The van der Waals surface area contributed by atoms with E-state index in [1.165, 1.54) is 49.9 Å². The summed E-state index contributed by atoms with van der Waals surface area (Å²) < 4.78 is 5.38. The van der Waals surface area contributed by atoms with Crippen LogP contribution in [-0.2, 0) is 11.2 Å². The van der Waals surface area contributed by atoms with Gasteiger partial charge in [-0.15, -0.1) is 0 Å². The number of nitrogens with one attached hydrogen (secondary N) is 1. The molecule has 2 aromatic rings. The molecule has 0 aromatic carbocycles. The topological polar surface area (TPSA) is 54.0 Å². The first-order valence-electron chi connectivity index (χ1n) is 9.31. The van der Waals surface area contributed by atoms with Crippen LogP contribution in [0, 0.1) is 11.3 Å². The van der Waals surface area contributed by atoms with E-state index in [9.17, 15) is 0 Å². The highest BCUT2D eigenvalue weighted by atomic mass is 16.5. The van der Waals surface area contributed by atoms with Crippen molar-refractivity contribution >= 4 is 11.2 Å². The standard InChI is InChI=1S/C19H26N4O/c1-23-6-3-14(4-7-23)15-2-5-20-18-17(15)21-16(22-18)8-13-9-19(10-13)11-24-12-19/h2,5,13-14H,3-4,6-12H2,1H3,(H,20,21,22). The third-order valence-electron chi connectivity index (χ3n) is 6.37. The van der Waals surface area contributed by atoms with E-state index in [0.29, 0.717) is 11.3 Å². The number of piperidine rings is 1. The van der Waals surface area contributed by atoms with Crippen LogP contribution in [0.4, 0.5) is 0 Å². The molecule has 5 rings (SSSR count). The molecule has 0 radical (unpaired) electrons. The van der Waals surface area contributed by atoms with E-state index in [0.717, 1.165) is 37.0 Å². The molecule has 0 bridgehead atoms. The minimum absolute atomic E-state index is 0.536. The van der Waals surface area contributed by atoms with Gasteiger partial charge in [0.1, 0.15) is 5.82 Å². The molecule has 2 saturated heterocycles. The highest BCUT2D eigenvalue weighted by molar-refractivity contribution is 5.75. The van der Waals surface area contributed by atoms with Crippen molar-refractivity contribution in [2.24, 2.45) is 11.3 Å². The number of imidazole rings is 1. The second-order valence-corrected chi connectivity index (χ2v) is 8.33. The second-order valence-electron chi connectivity index (χ2n) is 8.33. The van der Waals surface area contributed by atoms with Gasteiger partial charge in [-0.25, -0.2) is 9.97 Å². The van der Waals surface area contributed by atoms with Gasteiger partial charge in [0, 0.05) is 18.0 Å². The number of nitrogens with zero attached hydrogens (tertiary/aromatic N) is 3. The number of likely N-dealkylation sites (tertiary alicyclic amines) is 1. The minimum Gasteiger partial charge on any atom is -0.380 e. The molecular formula is C19H26N4O. The van der Waals surface area contributed by atoms with Gasteiger partial charge in [0.15, 0.2) is 5.65 Å². The van der Waals surface area contributed by atoms with Crippen LogP contribution in [0.3, 0.4) is 0 Å². The van der Waals surface area contributed by atoms with Crippen LogP contribution < -0.4 is 0 Å². The number of pyridine rings is 1. The Balaban J connectivity index is 1.34. The van der Waals surface area contributed by atoms with Crippen molar-refractivity contribution < 1.29 is 4.74 Å². The number of hydrogen-bond donors (Lipinski definition) is 1. The first kappa shape index (κ1) is 14.8. The Hall–Kier alpha value is -1.46. The Labute approximate surface area is 142 Å². The van der Waals surface area contributed by atoms with Gasteiger partial charge in [-0.1, -0.05) is 0 Å². The zero-order chi connectivity index (χ0) is 16.1. The lowest BCUT2D eigenvalue weighted by atomic mass is 9.60. The van der Waals surface area contributed by atoms with Gasteiger partial charge in [-0.3, -0.25) is 0 Å². The predicted molar refractivity (Wildman–Crippen MR) is 93.0 cm³/mol. The molecule has 5 nitrogen and oxygen atoms in total. The maximum Gasteiger partial charge on any atom is 0.177 e. The Morgan fingerprint density at radius 1 is 1.29 bits per heavy atom. The van der Waals surface area contributed by atoms with E-state index >= 15 is 0 Å². The molecule has 0 unspecified atom stereocenters. The van der Waals surface area contributed by atoms with Crippen LogP contribution in [0.2, 0.25) is 0 Å². The molecule has 4 heterocycles. The van der Waals surface area contributed by atoms with Gasteiger partial charge >= 0.3 is 0 Å². The fourth-order valence-electron chi connectivity index (χ4n) is 4.94. The van der Waals surface area contributed by atoms with Crippen molar-refractivity contribution in [1.29, 1.82) is 0 Å². The lowest BCUT2D eigenvalue weighted by Crippen LogP contribution is -2.52. The first-order chi connectivity index (χ1) is 11.7. The number of fused-ring (bicyclic) bond motifs is 1. The van der Waals surface area contributed by atoms with E-state index < -0.39 is 0 Å². The van der Waals surface area contributed by atoms with Crippen molar-refractivity contribution in [3.63, 3.8) is 0 Å². The fourth-order valence-corrected chi connectivity index (χ4v) is 4.94. The Bertz CT molecular complexity index is 735. The molecule has 3 aliphatic rings. The van der Waals surface area contributed by atoms with Crippen molar-refractivity contribution in [3.8, 4) is 0 Å². The highest BCUT2D eigenvalue weighted by Gasteiger charge is 2.49. The summed E-state index contributed by atoms with van der Waals surface area (Å²) in [5.74, 6) is 2.53. The number of H-pyrrole nitrogens is 1. The summed E-state index contributed by atoms with van der Waals surface area (Å²) in [7, 11) is 2.21. The molecule has 5 heteroatoms. The summed E-state index contributed by atoms with van der Waals surface area (Å²) in [6, 6.07) is 2.20. The number of ether oxygens (including phenoxy) is 1. The molecule has 2 aliphatic heterocycles. The maximum atomic E-state index is 5.38. The Kier molecular flexibility index (Phi) is 3.42. The third kappa shape index (κ3) is 2.45. The lowest BCUT2D eigenvalue weighted by Gasteiger charge is -2.53. The number of rotatable bonds is 3. The van der Waals surface area contributed by atoms with E-state index in [4.69, 9.17) is 9.72 Å². The van der Waals surface area contributed by atoms with Gasteiger partial charge in [-0.05, 0) is 69.3 Å². The number of aromatic amines is 1. The van der Waals surface area contributed by atoms with Crippen LogP contribution in [-0.4, -0.2) is 53.2 Å². The van der Waals surface area contributed by atoms with Crippen LogP contribution in [0.15, 0.2) is 12.3 Å². The van der Waals surface area contributed by atoms with E-state index in [1.54, 1.807) is 0 Å². The molecule has 0 amide bonds. The lowest BCUT2D eigenvalue weighted by molar-refractivity contribution is -0.178. The highest BCUT2D eigenvalue weighted by Crippen LogP contribution is 2.51. The van der Waals surface area contributed by atoms with Crippen molar-refractivity contribution in [2.45, 2.75) is 38.0 Å². The van der Waals surface area contributed by atoms with E-state index in [1.807, 2.05) is 6.20 Å². The van der Waals surface area contributed by atoms with Crippen molar-refractivity contribution in [2.75, 3.05) is 33.4 Å². The molecule has 3 fully saturated rings. The fraction of sp³-hybridized carbons (Fsp3) is 0.684. The average Bonchev–Trinajstić information content (AvgIpc) is 2.92. The van der Waals surface area contributed by atoms with E-state index in [-0.39, 0.29) is 0 Å². The predicted octanol–water partition coefficient (Wildman–Crippen LogP) is 2.74. The molecule has 0 atom stereocenters. The van der Waals surface area contributed by atoms with Gasteiger partial charge in [0.2, 0.25) is 0 Å². The molecular weight excluding hydrogens is 300 g/mol. The molecule has 24 heavy (non-hydrogen) atoms. The summed E-state index contributed by atoms with van der Waals surface area (Å²) in [5.41, 5.74) is 4.05. The summed E-state index contributed by atoms with van der Waals surface area (Å²) in [6.45, 7) is 4.32. The zero-order valence-electron chi connectivity index (χ0n) is 14.4. The molecule has 1 N–H and O–H groups in total. The molecule has 2 aromatic heterocycles. The zero-order valence-corrected chi connectivity index (χ0v) is 14.4.